The first-order valence-electron chi connectivity index (χ1n) is 2.14. The summed E-state index contributed by atoms with van der Waals surface area (Å²) in [7, 11) is 0. The third-order valence-corrected chi connectivity index (χ3v) is 0.807. The van der Waals surface area contributed by atoms with Gasteiger partial charge in [-0.05, 0) is 6.08 Å². The minimum absolute atomic E-state index is 0.819. The van der Waals surface area contributed by atoms with Gasteiger partial charge in [0.15, 0.2) is 0 Å². The average Bonchev–Trinajstić information content (AvgIpc) is 2.14. The van der Waals surface area contributed by atoms with E-state index in [1.165, 1.54) is 0 Å². The summed E-state index contributed by atoms with van der Waals surface area (Å²) in [4.78, 5) is 0. The molecule has 0 amide bonds. The maximum Gasteiger partial charge on any atom is 0.148 e. The van der Waals surface area contributed by atoms with E-state index in [0.717, 1.165) is 12.2 Å². The molecule has 0 aliphatic carbocycles. The number of allylic oxidation sites excluding steroid dienone is 1. The van der Waals surface area contributed by atoms with Crippen molar-refractivity contribution in [3.05, 3.63) is 30.4 Å². The molecular weight excluding hydrogens is 88.1 g/mol. The summed E-state index contributed by atoms with van der Waals surface area (Å²) in [6.45, 7) is 3.42. The second-order valence-electron chi connectivity index (χ2n) is 1.29. The maximum atomic E-state index is 4.86. The van der Waals surface area contributed by atoms with Gasteiger partial charge in [0.05, 0.1) is 6.26 Å². The highest BCUT2D eigenvalue weighted by atomic mass is 16.5. The smallest absolute Gasteiger partial charge is 0.148 e. The molecular formula is C6H6O. The molecule has 0 radical (unpaired) electrons. The normalized spacial score (nSPS) is 16.3. The van der Waals surface area contributed by atoms with Gasteiger partial charge in [0.2, 0.25) is 0 Å². The van der Waals surface area contributed by atoms with Crippen LogP contribution in [0.25, 0.3) is 0 Å². The van der Waals surface area contributed by atoms with Gasteiger partial charge in [0.25, 0.3) is 0 Å². The molecule has 0 fully saturated rings. The number of ether oxygens (including phenoxy) is 1. The highest BCUT2D eigenvalue weighted by Crippen LogP contribution is 2.09. The van der Waals surface area contributed by atoms with Crippen LogP contribution in [0.15, 0.2) is 30.4 Å². The van der Waals surface area contributed by atoms with Gasteiger partial charge in [-0.25, -0.2) is 0 Å². The van der Waals surface area contributed by atoms with E-state index in [-0.39, 0.29) is 0 Å². The van der Waals surface area contributed by atoms with E-state index in [1.807, 2.05) is 6.08 Å². The first-order valence-corrected chi connectivity index (χ1v) is 2.14. The zero-order valence-electron chi connectivity index (χ0n) is 3.98. The van der Waals surface area contributed by atoms with Gasteiger partial charge in [0.1, 0.15) is 5.76 Å². The topological polar surface area (TPSA) is 9.23 Å². The van der Waals surface area contributed by atoms with Crippen molar-refractivity contribution in [1.29, 1.82) is 0 Å². The SMILES string of the molecule is C=C=C1CC=CO1. The van der Waals surface area contributed by atoms with Crippen molar-refractivity contribution < 1.29 is 4.74 Å². The van der Waals surface area contributed by atoms with Gasteiger partial charge in [-0.2, -0.15) is 0 Å². The highest BCUT2D eigenvalue weighted by molar-refractivity contribution is 5.03. The third kappa shape index (κ3) is 0.729. The Morgan fingerprint density at radius 1 is 1.86 bits per heavy atom. The number of hydrogen-bond acceptors (Lipinski definition) is 1. The Balaban J connectivity index is 2.68. The zero-order chi connectivity index (χ0) is 5.11. The van der Waals surface area contributed by atoms with E-state index in [4.69, 9.17) is 4.74 Å². The Labute approximate surface area is 42.6 Å². The summed E-state index contributed by atoms with van der Waals surface area (Å²) < 4.78 is 4.86. The van der Waals surface area contributed by atoms with Crippen molar-refractivity contribution in [3.63, 3.8) is 0 Å². The standard InChI is InChI=1S/C6H6O/c1-2-6-4-3-5-7-6/h3,5H,1,4H2. The fraction of sp³-hybridized carbons (Fsp3) is 0.167. The summed E-state index contributed by atoms with van der Waals surface area (Å²) >= 11 is 0. The first-order chi connectivity index (χ1) is 3.43. The minimum atomic E-state index is 0.819. The fourth-order valence-corrected chi connectivity index (χ4v) is 0.447. The highest BCUT2D eigenvalue weighted by Gasteiger charge is 1.95. The second-order valence-corrected chi connectivity index (χ2v) is 1.29. The van der Waals surface area contributed by atoms with Gasteiger partial charge in [-0.15, -0.1) is 0 Å². The lowest BCUT2D eigenvalue weighted by Crippen LogP contribution is -1.68. The number of hydrogen-bond donors (Lipinski definition) is 0. The Hall–Kier alpha value is -0.940. The summed E-state index contributed by atoms with van der Waals surface area (Å²) in [5.41, 5.74) is 2.65. The quantitative estimate of drug-likeness (QED) is 0.414. The molecule has 1 aliphatic heterocycles. The lowest BCUT2D eigenvalue weighted by atomic mass is 10.4. The minimum Gasteiger partial charge on any atom is -0.461 e. The van der Waals surface area contributed by atoms with Crippen LogP contribution in [-0.2, 0) is 4.74 Å². The van der Waals surface area contributed by atoms with Crippen LogP contribution in [0.1, 0.15) is 6.42 Å². The Kier molecular flexibility index (Phi) is 1.01. The van der Waals surface area contributed by atoms with Crippen LogP contribution in [-0.4, -0.2) is 0 Å². The Morgan fingerprint density at radius 3 is 3.00 bits per heavy atom. The molecule has 36 valence electrons. The van der Waals surface area contributed by atoms with Crippen molar-refractivity contribution in [2.24, 2.45) is 0 Å². The fourth-order valence-electron chi connectivity index (χ4n) is 0.447. The second kappa shape index (κ2) is 1.67. The van der Waals surface area contributed by atoms with Crippen molar-refractivity contribution in [2.45, 2.75) is 6.42 Å². The van der Waals surface area contributed by atoms with Crippen molar-refractivity contribution in [2.75, 3.05) is 0 Å². The molecule has 0 spiro atoms. The number of rotatable bonds is 0. The third-order valence-electron chi connectivity index (χ3n) is 0.807. The molecule has 1 heterocycles. The van der Waals surface area contributed by atoms with Gasteiger partial charge < -0.3 is 4.74 Å². The maximum absolute atomic E-state index is 4.86. The molecule has 1 nitrogen and oxygen atoms in total. The average molecular weight is 94.1 g/mol. The summed E-state index contributed by atoms with van der Waals surface area (Å²) in [5, 5.41) is 0. The van der Waals surface area contributed by atoms with Gasteiger partial charge in [-0.1, -0.05) is 12.3 Å². The van der Waals surface area contributed by atoms with Crippen molar-refractivity contribution in [1.82, 2.24) is 0 Å². The van der Waals surface area contributed by atoms with Crippen LogP contribution >= 0.6 is 0 Å². The lowest BCUT2D eigenvalue weighted by Gasteiger charge is -1.86. The van der Waals surface area contributed by atoms with E-state index in [0.29, 0.717) is 0 Å². The van der Waals surface area contributed by atoms with E-state index in [1.54, 1.807) is 6.26 Å². The predicted molar refractivity (Wildman–Crippen MR) is 27.5 cm³/mol. The molecule has 0 aromatic heterocycles. The van der Waals surface area contributed by atoms with E-state index < -0.39 is 0 Å². The molecule has 0 aromatic rings. The molecule has 0 aromatic carbocycles. The molecule has 0 saturated heterocycles. The Morgan fingerprint density at radius 2 is 2.71 bits per heavy atom. The van der Waals surface area contributed by atoms with Crippen LogP contribution in [0.3, 0.4) is 0 Å². The first kappa shape index (κ1) is 4.23. The van der Waals surface area contributed by atoms with Crippen LogP contribution in [0.2, 0.25) is 0 Å². The van der Waals surface area contributed by atoms with E-state index in [9.17, 15) is 0 Å². The van der Waals surface area contributed by atoms with Gasteiger partial charge in [0, 0.05) is 6.42 Å². The van der Waals surface area contributed by atoms with Crippen molar-refractivity contribution in [3.8, 4) is 0 Å². The molecule has 7 heavy (non-hydrogen) atoms. The molecule has 1 heteroatoms. The molecule has 0 unspecified atom stereocenters. The van der Waals surface area contributed by atoms with E-state index >= 15 is 0 Å². The van der Waals surface area contributed by atoms with Crippen LogP contribution in [0.4, 0.5) is 0 Å². The largest absolute Gasteiger partial charge is 0.461 e. The van der Waals surface area contributed by atoms with E-state index in [2.05, 4.69) is 12.3 Å². The summed E-state index contributed by atoms with van der Waals surface area (Å²) in [6.07, 6.45) is 4.42. The predicted octanol–water partition coefficient (Wildman–Crippen LogP) is 1.59. The molecule has 0 atom stereocenters. The summed E-state index contributed by atoms with van der Waals surface area (Å²) in [5.74, 6) is 0.819. The molecule has 0 saturated carbocycles. The van der Waals surface area contributed by atoms with Gasteiger partial charge in [-0.3, -0.25) is 0 Å². The lowest BCUT2D eigenvalue weighted by molar-refractivity contribution is 0.368. The Bertz CT molecular complexity index is 128. The van der Waals surface area contributed by atoms with Gasteiger partial charge >= 0.3 is 0 Å². The van der Waals surface area contributed by atoms with Crippen molar-refractivity contribution >= 4 is 0 Å². The monoisotopic (exact) mass is 94.0 g/mol. The zero-order valence-corrected chi connectivity index (χ0v) is 3.98. The molecule has 0 bridgehead atoms. The van der Waals surface area contributed by atoms with Crippen LogP contribution in [0, 0.1) is 0 Å². The molecule has 1 rings (SSSR count). The van der Waals surface area contributed by atoms with Crippen LogP contribution < -0.4 is 0 Å². The molecule has 0 N–H and O–H groups in total. The van der Waals surface area contributed by atoms with Crippen LogP contribution in [0.5, 0.6) is 0 Å². The molecule has 1 aliphatic rings. The summed E-state index contributed by atoms with van der Waals surface area (Å²) in [6, 6.07) is 0.